The molecule has 3 rings (SSSR count). The van der Waals surface area contributed by atoms with Crippen LogP contribution in [0.4, 0.5) is 4.39 Å². The van der Waals surface area contributed by atoms with E-state index in [1.165, 1.54) is 6.07 Å². The van der Waals surface area contributed by atoms with E-state index in [1.54, 1.807) is 6.07 Å². The summed E-state index contributed by atoms with van der Waals surface area (Å²) in [7, 11) is 0. The Labute approximate surface area is 110 Å². The molecule has 0 saturated heterocycles. The molecule has 1 aliphatic carbocycles. The van der Waals surface area contributed by atoms with Crippen molar-refractivity contribution < 1.29 is 9.18 Å². The maximum atomic E-state index is 13.6. The predicted molar refractivity (Wildman–Crippen MR) is 71.2 cm³/mol. The van der Waals surface area contributed by atoms with E-state index in [-0.39, 0.29) is 11.7 Å². The standard InChI is InChI=1S/C15H15FN2O/c16-13-3-1-2-10-4-5-12(18-15(10)13)8-9-14(19)17-11-6-7-11/h1-5,11H,6-9H2,(H,17,19). The van der Waals surface area contributed by atoms with Crippen molar-refractivity contribution in [3.05, 3.63) is 41.8 Å². The number of fused-ring (bicyclic) bond motifs is 1. The van der Waals surface area contributed by atoms with Gasteiger partial charge in [0.2, 0.25) is 5.91 Å². The Morgan fingerprint density at radius 2 is 2.16 bits per heavy atom. The van der Waals surface area contributed by atoms with Crippen LogP contribution < -0.4 is 5.32 Å². The fourth-order valence-corrected chi connectivity index (χ4v) is 2.06. The molecule has 2 aromatic rings. The van der Waals surface area contributed by atoms with Crippen molar-refractivity contribution in [3.63, 3.8) is 0 Å². The second-order valence-corrected chi connectivity index (χ2v) is 4.96. The summed E-state index contributed by atoms with van der Waals surface area (Å²) in [5.74, 6) is -0.264. The molecule has 1 saturated carbocycles. The molecule has 1 amide bonds. The Morgan fingerprint density at radius 3 is 2.95 bits per heavy atom. The number of para-hydroxylation sites is 1. The van der Waals surface area contributed by atoms with Crippen LogP contribution >= 0.6 is 0 Å². The molecule has 0 unspecified atom stereocenters. The summed E-state index contributed by atoms with van der Waals surface area (Å²) in [4.78, 5) is 15.9. The van der Waals surface area contributed by atoms with Crippen LogP contribution in [0, 0.1) is 5.82 Å². The molecule has 1 heterocycles. The normalized spacial score (nSPS) is 14.6. The molecule has 1 fully saturated rings. The minimum absolute atomic E-state index is 0.0536. The van der Waals surface area contributed by atoms with Crippen LogP contribution in [0.25, 0.3) is 10.9 Å². The van der Waals surface area contributed by atoms with Gasteiger partial charge in [-0.25, -0.2) is 9.37 Å². The van der Waals surface area contributed by atoms with Crippen LogP contribution in [0.3, 0.4) is 0 Å². The van der Waals surface area contributed by atoms with Gasteiger partial charge in [-0.15, -0.1) is 0 Å². The van der Waals surface area contributed by atoms with Crippen molar-refractivity contribution in [2.45, 2.75) is 31.7 Å². The second kappa shape index (κ2) is 4.96. The average molecular weight is 258 g/mol. The lowest BCUT2D eigenvalue weighted by Gasteiger charge is -2.05. The molecule has 0 aliphatic heterocycles. The monoisotopic (exact) mass is 258 g/mol. The van der Waals surface area contributed by atoms with Crippen LogP contribution in [0.5, 0.6) is 0 Å². The number of amides is 1. The van der Waals surface area contributed by atoms with E-state index in [2.05, 4.69) is 10.3 Å². The van der Waals surface area contributed by atoms with Gasteiger partial charge in [-0.1, -0.05) is 18.2 Å². The number of nitrogens with zero attached hydrogens (tertiary/aromatic N) is 1. The summed E-state index contributed by atoms with van der Waals surface area (Å²) in [6, 6.07) is 8.98. The van der Waals surface area contributed by atoms with Crippen LogP contribution in [-0.2, 0) is 11.2 Å². The molecule has 1 N–H and O–H groups in total. The van der Waals surface area contributed by atoms with Gasteiger partial charge in [0.15, 0.2) is 0 Å². The molecule has 1 aromatic carbocycles. The number of carbonyl (C=O) groups is 1. The first-order valence-corrected chi connectivity index (χ1v) is 6.56. The van der Waals surface area contributed by atoms with E-state index in [9.17, 15) is 9.18 Å². The van der Waals surface area contributed by atoms with E-state index < -0.39 is 0 Å². The van der Waals surface area contributed by atoms with Gasteiger partial charge in [0.25, 0.3) is 0 Å². The molecule has 1 aliphatic rings. The van der Waals surface area contributed by atoms with Crippen molar-refractivity contribution in [1.29, 1.82) is 0 Å². The fourth-order valence-electron chi connectivity index (χ4n) is 2.06. The van der Waals surface area contributed by atoms with Gasteiger partial charge < -0.3 is 5.32 Å². The Hall–Kier alpha value is -1.97. The highest BCUT2D eigenvalue weighted by Crippen LogP contribution is 2.19. The van der Waals surface area contributed by atoms with E-state index in [0.29, 0.717) is 24.4 Å². The highest BCUT2D eigenvalue weighted by Gasteiger charge is 2.22. The summed E-state index contributed by atoms with van der Waals surface area (Å²) in [6.07, 6.45) is 3.13. The summed E-state index contributed by atoms with van der Waals surface area (Å²) < 4.78 is 13.6. The van der Waals surface area contributed by atoms with E-state index in [4.69, 9.17) is 0 Å². The first-order chi connectivity index (χ1) is 9.22. The lowest BCUT2D eigenvalue weighted by Crippen LogP contribution is -2.25. The summed E-state index contributed by atoms with van der Waals surface area (Å²) >= 11 is 0. The van der Waals surface area contributed by atoms with E-state index in [1.807, 2.05) is 18.2 Å². The molecule has 19 heavy (non-hydrogen) atoms. The van der Waals surface area contributed by atoms with Crippen molar-refractivity contribution in [3.8, 4) is 0 Å². The topological polar surface area (TPSA) is 42.0 Å². The van der Waals surface area contributed by atoms with Gasteiger partial charge >= 0.3 is 0 Å². The van der Waals surface area contributed by atoms with Gasteiger partial charge in [0, 0.05) is 23.5 Å². The van der Waals surface area contributed by atoms with Gasteiger partial charge in [-0.3, -0.25) is 4.79 Å². The lowest BCUT2D eigenvalue weighted by molar-refractivity contribution is -0.121. The number of aromatic nitrogens is 1. The molecule has 0 spiro atoms. The molecule has 4 heteroatoms. The number of carbonyl (C=O) groups excluding carboxylic acids is 1. The third-order valence-electron chi connectivity index (χ3n) is 3.28. The Kier molecular flexibility index (Phi) is 3.15. The minimum Gasteiger partial charge on any atom is -0.353 e. The number of nitrogens with one attached hydrogen (secondary N) is 1. The first-order valence-electron chi connectivity index (χ1n) is 6.56. The zero-order chi connectivity index (χ0) is 13.2. The molecule has 1 aromatic heterocycles. The number of rotatable bonds is 4. The van der Waals surface area contributed by atoms with Crippen LogP contribution in [0.15, 0.2) is 30.3 Å². The van der Waals surface area contributed by atoms with Crippen molar-refractivity contribution in [2.24, 2.45) is 0 Å². The van der Waals surface area contributed by atoms with Gasteiger partial charge in [0.05, 0.1) is 0 Å². The quantitative estimate of drug-likeness (QED) is 0.915. The number of hydrogen-bond donors (Lipinski definition) is 1. The molecular weight excluding hydrogens is 243 g/mol. The maximum absolute atomic E-state index is 13.6. The molecule has 0 bridgehead atoms. The molecule has 3 nitrogen and oxygen atoms in total. The van der Waals surface area contributed by atoms with Crippen molar-refractivity contribution in [2.75, 3.05) is 0 Å². The third kappa shape index (κ3) is 2.89. The molecule has 98 valence electrons. The number of benzene rings is 1. The lowest BCUT2D eigenvalue weighted by atomic mass is 10.1. The molecular formula is C15H15FN2O. The number of pyridine rings is 1. The largest absolute Gasteiger partial charge is 0.353 e. The third-order valence-corrected chi connectivity index (χ3v) is 3.28. The minimum atomic E-state index is -0.318. The van der Waals surface area contributed by atoms with E-state index in [0.717, 1.165) is 23.9 Å². The number of hydrogen-bond acceptors (Lipinski definition) is 2. The fraction of sp³-hybridized carbons (Fsp3) is 0.333. The molecule has 0 radical (unpaired) electrons. The average Bonchev–Trinajstić information content (AvgIpc) is 3.21. The van der Waals surface area contributed by atoms with Crippen LogP contribution in [0.2, 0.25) is 0 Å². The van der Waals surface area contributed by atoms with Crippen molar-refractivity contribution in [1.82, 2.24) is 10.3 Å². The van der Waals surface area contributed by atoms with Gasteiger partial charge in [-0.2, -0.15) is 0 Å². The van der Waals surface area contributed by atoms with Gasteiger partial charge in [0.1, 0.15) is 11.3 Å². The molecule has 0 atom stereocenters. The second-order valence-electron chi connectivity index (χ2n) is 4.96. The number of aryl methyl sites for hydroxylation is 1. The SMILES string of the molecule is O=C(CCc1ccc2cccc(F)c2n1)NC1CC1. The Morgan fingerprint density at radius 1 is 1.32 bits per heavy atom. The summed E-state index contributed by atoms with van der Waals surface area (Å²) in [5, 5.41) is 3.72. The van der Waals surface area contributed by atoms with Gasteiger partial charge in [-0.05, 0) is 31.4 Å². The summed E-state index contributed by atoms with van der Waals surface area (Å²) in [6.45, 7) is 0. The predicted octanol–water partition coefficient (Wildman–Crippen LogP) is 2.59. The van der Waals surface area contributed by atoms with Crippen LogP contribution in [0.1, 0.15) is 25.0 Å². The smallest absolute Gasteiger partial charge is 0.220 e. The van der Waals surface area contributed by atoms with Crippen molar-refractivity contribution >= 4 is 16.8 Å². The zero-order valence-electron chi connectivity index (χ0n) is 10.5. The number of halogens is 1. The Balaban J connectivity index is 1.70. The highest BCUT2D eigenvalue weighted by molar-refractivity contribution is 5.79. The first kappa shape index (κ1) is 12.1. The maximum Gasteiger partial charge on any atom is 0.220 e. The van der Waals surface area contributed by atoms with Crippen LogP contribution in [-0.4, -0.2) is 16.9 Å². The van der Waals surface area contributed by atoms with E-state index >= 15 is 0 Å². The Bertz CT molecular complexity index is 623. The zero-order valence-corrected chi connectivity index (χ0v) is 10.5. The summed E-state index contributed by atoms with van der Waals surface area (Å²) in [5.41, 5.74) is 1.13. The highest BCUT2D eigenvalue weighted by atomic mass is 19.1.